The Labute approximate surface area is 369 Å². The number of carbonyl (C=O) groups is 4. The van der Waals surface area contributed by atoms with Crippen molar-refractivity contribution in [1.82, 2.24) is 34.3 Å². The molecule has 0 bridgehead atoms. The molecular formula is C46H50F2N8O7S. The Bertz CT molecular complexity index is 2680. The van der Waals surface area contributed by atoms with E-state index in [2.05, 4.69) is 29.8 Å². The topological polar surface area (TPSA) is 177 Å². The maximum atomic E-state index is 15.7. The molecule has 3 fully saturated rings. The summed E-state index contributed by atoms with van der Waals surface area (Å²) in [5.74, 6) is -3.06. The van der Waals surface area contributed by atoms with Crippen LogP contribution in [0.4, 0.5) is 14.5 Å². The molecule has 0 saturated carbocycles. The minimum absolute atomic E-state index is 0.0267. The molecule has 3 aliphatic rings. The summed E-state index contributed by atoms with van der Waals surface area (Å²) in [7, 11) is -2.85. The van der Waals surface area contributed by atoms with Gasteiger partial charge in [0.15, 0.2) is 11.9 Å². The highest BCUT2D eigenvalue weighted by molar-refractivity contribution is 7.90. The van der Waals surface area contributed by atoms with Crippen LogP contribution in [0.3, 0.4) is 0 Å². The van der Waals surface area contributed by atoms with E-state index in [-0.39, 0.29) is 30.3 Å². The van der Waals surface area contributed by atoms with Crippen LogP contribution in [-0.4, -0.2) is 126 Å². The van der Waals surface area contributed by atoms with Gasteiger partial charge >= 0.3 is 10.2 Å². The van der Waals surface area contributed by atoms with Crippen molar-refractivity contribution >= 4 is 50.4 Å². The lowest BCUT2D eigenvalue weighted by Gasteiger charge is -2.37. The minimum Gasteiger partial charge on any atom is -0.481 e. The summed E-state index contributed by atoms with van der Waals surface area (Å²) in [5, 5.41) is 2.66. The lowest BCUT2D eigenvalue weighted by molar-refractivity contribution is -0.139. The van der Waals surface area contributed by atoms with E-state index in [4.69, 9.17) is 4.74 Å². The zero-order valence-corrected chi connectivity index (χ0v) is 36.4. The number of carbonyl (C=O) groups excluding carboxylic acids is 4. The largest absolute Gasteiger partial charge is 0.481 e. The number of nitrogens with one attached hydrogen (secondary N) is 3. The molecule has 3 saturated heterocycles. The number of piperazine rings is 1. The number of rotatable bonds is 14. The summed E-state index contributed by atoms with van der Waals surface area (Å²) in [6.07, 6.45) is 4.80. The Balaban J connectivity index is 0.856. The van der Waals surface area contributed by atoms with E-state index in [9.17, 15) is 27.6 Å². The maximum absolute atomic E-state index is 15.7. The number of aromatic nitrogens is 2. The Morgan fingerprint density at radius 3 is 2.39 bits per heavy atom. The fourth-order valence-electron chi connectivity index (χ4n) is 8.52. The highest BCUT2D eigenvalue weighted by atomic mass is 32.2. The fraction of sp³-hybridized carbons (Fsp3) is 0.370. The highest BCUT2D eigenvalue weighted by Gasteiger charge is 2.31. The number of imide groups is 1. The number of nitrogens with zero attached hydrogens (tertiary/aromatic N) is 5. The maximum Gasteiger partial charge on any atom is 0.301 e. The average molecular weight is 897 g/mol. The van der Waals surface area contributed by atoms with Crippen LogP contribution >= 0.6 is 0 Å². The third-order valence-electron chi connectivity index (χ3n) is 12.4. The summed E-state index contributed by atoms with van der Waals surface area (Å²) in [4.78, 5) is 64.7. The SMILES string of the molecule is CCN(C)S(=O)(=O)Nc1ccc(F)c(C(=O)c2c[nH]c3ncc(-c4ccccc4CN4CCN(C(=O)CN5CCC(c6ccc(OC7CCC(=O)NC7=O)cc6)CC5)CC4)cc23)c1F. The minimum atomic E-state index is -4.15. The summed E-state index contributed by atoms with van der Waals surface area (Å²) < 4.78 is 65.0. The Kier molecular flexibility index (Phi) is 13.2. The van der Waals surface area contributed by atoms with E-state index in [1.165, 1.54) is 18.8 Å². The van der Waals surface area contributed by atoms with Crippen LogP contribution in [0, 0.1) is 11.6 Å². The first-order chi connectivity index (χ1) is 30.8. The van der Waals surface area contributed by atoms with Gasteiger partial charge in [0.1, 0.15) is 17.2 Å². The Hall–Kier alpha value is -6.08. The first-order valence-corrected chi connectivity index (χ1v) is 22.9. The molecule has 15 nitrogen and oxygen atoms in total. The van der Waals surface area contributed by atoms with Crippen molar-refractivity contribution in [2.24, 2.45) is 0 Å². The van der Waals surface area contributed by atoms with Crippen LogP contribution in [-0.2, 0) is 31.1 Å². The van der Waals surface area contributed by atoms with Gasteiger partial charge in [0, 0.05) is 88.1 Å². The molecule has 1 atom stereocenters. The van der Waals surface area contributed by atoms with E-state index in [0.29, 0.717) is 74.0 Å². The number of hydrogen-bond acceptors (Lipinski definition) is 10. The van der Waals surface area contributed by atoms with Gasteiger partial charge in [0.05, 0.1) is 17.8 Å². The van der Waals surface area contributed by atoms with Gasteiger partial charge in [-0.3, -0.25) is 39.0 Å². The zero-order valence-electron chi connectivity index (χ0n) is 35.6. The molecule has 64 heavy (non-hydrogen) atoms. The van der Waals surface area contributed by atoms with Crippen molar-refractivity contribution in [2.45, 2.75) is 51.2 Å². The van der Waals surface area contributed by atoms with Crippen LogP contribution < -0.4 is 14.8 Å². The molecule has 3 N–H and O–H groups in total. The molecule has 336 valence electrons. The number of ketones is 1. The number of aromatic amines is 1. The number of pyridine rings is 1. The molecule has 0 spiro atoms. The third kappa shape index (κ3) is 9.69. The van der Waals surface area contributed by atoms with Crippen LogP contribution in [0.15, 0.2) is 79.1 Å². The van der Waals surface area contributed by atoms with Crippen molar-refractivity contribution in [1.29, 1.82) is 0 Å². The molecule has 0 radical (unpaired) electrons. The number of ether oxygens (including phenoxy) is 1. The van der Waals surface area contributed by atoms with E-state index in [1.54, 1.807) is 19.2 Å². The molecule has 3 amide bonds. The van der Waals surface area contributed by atoms with Crippen molar-refractivity contribution in [3.63, 3.8) is 0 Å². The second-order valence-electron chi connectivity index (χ2n) is 16.4. The predicted octanol–water partition coefficient (Wildman–Crippen LogP) is 5.06. The number of hydrogen-bond donors (Lipinski definition) is 3. The molecule has 0 aliphatic carbocycles. The van der Waals surface area contributed by atoms with Gasteiger partial charge in [-0.05, 0) is 78.9 Å². The second-order valence-corrected chi connectivity index (χ2v) is 18.2. The zero-order chi connectivity index (χ0) is 45.1. The van der Waals surface area contributed by atoms with Gasteiger partial charge in [-0.25, -0.2) is 13.8 Å². The van der Waals surface area contributed by atoms with Crippen molar-refractivity contribution in [3.05, 3.63) is 113 Å². The van der Waals surface area contributed by atoms with Gasteiger partial charge in [-0.1, -0.05) is 43.3 Å². The van der Waals surface area contributed by atoms with Gasteiger partial charge in [0.2, 0.25) is 17.6 Å². The summed E-state index contributed by atoms with van der Waals surface area (Å²) in [6.45, 7) is 6.84. The van der Waals surface area contributed by atoms with E-state index in [0.717, 1.165) is 53.5 Å². The monoisotopic (exact) mass is 896 g/mol. The average Bonchev–Trinajstić information content (AvgIpc) is 3.72. The van der Waals surface area contributed by atoms with Gasteiger partial charge in [-0.15, -0.1) is 0 Å². The number of piperidine rings is 2. The summed E-state index contributed by atoms with van der Waals surface area (Å²) in [5.41, 5.74) is 2.61. The lowest BCUT2D eigenvalue weighted by atomic mass is 9.89. The molecule has 8 rings (SSSR count). The van der Waals surface area contributed by atoms with Crippen molar-refractivity contribution in [3.8, 4) is 16.9 Å². The predicted molar refractivity (Wildman–Crippen MR) is 236 cm³/mol. The van der Waals surface area contributed by atoms with E-state index >= 15 is 8.78 Å². The summed E-state index contributed by atoms with van der Waals surface area (Å²) >= 11 is 0. The Morgan fingerprint density at radius 2 is 1.67 bits per heavy atom. The molecule has 1 unspecified atom stereocenters. The van der Waals surface area contributed by atoms with Crippen molar-refractivity contribution in [2.75, 3.05) is 64.1 Å². The van der Waals surface area contributed by atoms with Gasteiger partial charge < -0.3 is 14.6 Å². The normalized spacial score (nSPS) is 18.1. The van der Waals surface area contributed by atoms with Crippen LogP contribution in [0.1, 0.15) is 65.6 Å². The molecular weight excluding hydrogens is 847 g/mol. The van der Waals surface area contributed by atoms with Gasteiger partial charge in [-0.2, -0.15) is 12.7 Å². The smallest absolute Gasteiger partial charge is 0.301 e. The number of halogens is 2. The molecule has 5 aromatic rings. The fourth-order valence-corrected chi connectivity index (χ4v) is 9.45. The first kappa shape index (κ1) is 44.5. The first-order valence-electron chi connectivity index (χ1n) is 21.4. The molecule has 2 aromatic heterocycles. The molecule has 18 heteroatoms. The van der Waals surface area contributed by atoms with Crippen LogP contribution in [0.5, 0.6) is 5.75 Å². The standard InChI is InChI=1S/C46H50F2N8O7S/c1-3-53(2)64(61,62)52-38-13-12-37(47)42(43(38)48)44(59)36-26-50-45-35(36)24-32(25-49-45)34-7-5-4-6-31(34)27-55-20-22-56(23-21-55)41(58)28-54-18-16-30(17-19-54)29-8-10-33(11-9-29)63-39-14-15-40(57)51-46(39)60/h4-13,24-26,30,39,52H,3,14-23,27-28H2,1-2H3,(H,49,50)(H,51,57,60). The Morgan fingerprint density at radius 1 is 0.938 bits per heavy atom. The number of anilines is 1. The van der Waals surface area contributed by atoms with E-state index < -0.39 is 50.9 Å². The van der Waals surface area contributed by atoms with Crippen molar-refractivity contribution < 1.29 is 41.1 Å². The number of likely N-dealkylation sites (tertiary alicyclic amines) is 1. The van der Waals surface area contributed by atoms with Crippen LogP contribution in [0.2, 0.25) is 0 Å². The number of amides is 3. The number of benzene rings is 3. The molecule has 3 aliphatic heterocycles. The molecule has 5 heterocycles. The number of H-pyrrole nitrogens is 1. The van der Waals surface area contributed by atoms with E-state index in [1.807, 2.05) is 53.4 Å². The third-order valence-corrected chi connectivity index (χ3v) is 14.0. The lowest BCUT2D eigenvalue weighted by Crippen LogP contribution is -2.51. The summed E-state index contributed by atoms with van der Waals surface area (Å²) in [6, 6.07) is 19.1. The second kappa shape index (κ2) is 18.9. The van der Waals surface area contributed by atoms with Gasteiger partial charge in [0.25, 0.3) is 5.91 Å². The highest BCUT2D eigenvalue weighted by Crippen LogP contribution is 2.33. The van der Waals surface area contributed by atoms with Crippen LogP contribution in [0.25, 0.3) is 22.2 Å². The quantitative estimate of drug-likeness (QED) is 0.101. The number of fused-ring (bicyclic) bond motifs is 1. The molecule has 3 aromatic carbocycles.